The highest BCUT2D eigenvalue weighted by atomic mass is 16.5. The van der Waals surface area contributed by atoms with Crippen LogP contribution in [0.4, 0.5) is 0 Å². The second-order valence-corrected chi connectivity index (χ2v) is 16.5. The number of benzene rings is 3. The van der Waals surface area contributed by atoms with Crippen LogP contribution in [0.25, 0.3) is 22.5 Å². The lowest BCUT2D eigenvalue weighted by Crippen LogP contribution is -2.56. The number of nitrogens with zero attached hydrogens (tertiary/aromatic N) is 4. The van der Waals surface area contributed by atoms with Gasteiger partial charge in [-0.15, -0.1) is 0 Å². The first-order chi connectivity index (χ1) is 31.8. The molecule has 1 fully saturated rings. The average Bonchev–Trinajstić information content (AvgIpc) is 3.28. The number of nitrogens with one attached hydrogen (secondary N) is 4. The third-order valence-electron chi connectivity index (χ3n) is 11.9. The van der Waals surface area contributed by atoms with Gasteiger partial charge < -0.3 is 52.8 Å². The maximum Gasteiger partial charge on any atom is 0.255 e. The van der Waals surface area contributed by atoms with Crippen molar-refractivity contribution in [3.8, 4) is 40.1 Å². The molecule has 18 nitrogen and oxygen atoms in total. The van der Waals surface area contributed by atoms with Crippen molar-refractivity contribution in [1.82, 2.24) is 36.1 Å². The third kappa shape index (κ3) is 11.3. The van der Waals surface area contributed by atoms with E-state index in [1.54, 1.807) is 50.2 Å². The minimum Gasteiger partial charge on any atom is -0.492 e. The van der Waals surface area contributed by atoms with Crippen molar-refractivity contribution in [3.63, 3.8) is 0 Å². The van der Waals surface area contributed by atoms with Crippen molar-refractivity contribution < 1.29 is 33.4 Å². The summed E-state index contributed by atoms with van der Waals surface area (Å²) in [6.45, 7) is 5.24. The lowest BCUT2D eigenvalue weighted by atomic mass is 9.80. The predicted molar refractivity (Wildman–Crippen MR) is 247 cm³/mol. The fourth-order valence-corrected chi connectivity index (χ4v) is 8.18. The molecular formula is C48H59N11O7. The number of hydrogen-bond donors (Lipinski definition) is 7. The molecule has 348 valence electrons. The highest BCUT2D eigenvalue weighted by Crippen LogP contribution is 2.40. The van der Waals surface area contributed by atoms with Gasteiger partial charge in [0, 0.05) is 43.2 Å². The number of rotatable bonds is 16. The summed E-state index contributed by atoms with van der Waals surface area (Å²) in [5, 5.41) is 19.9. The number of nitriles is 1. The van der Waals surface area contributed by atoms with E-state index in [1.165, 1.54) is 43.7 Å². The molecule has 2 aliphatic rings. The molecule has 2 heterocycles. The molecule has 0 saturated heterocycles. The van der Waals surface area contributed by atoms with Gasteiger partial charge in [0.15, 0.2) is 5.82 Å². The molecule has 5 amide bonds. The first-order valence-electron chi connectivity index (χ1n) is 22.2. The van der Waals surface area contributed by atoms with E-state index in [2.05, 4.69) is 43.4 Å². The summed E-state index contributed by atoms with van der Waals surface area (Å²) in [6.07, 6.45) is 3.61. The summed E-state index contributed by atoms with van der Waals surface area (Å²) >= 11 is 0. The standard InChI is InChI=1S/C48H59N11O7/c1-27-41(28(2)55-43(54-27)33-11-9-32(10-12-33)31-6-5-7-31)46(62)57-37(16-17-49)48(64)59(4)42-34-13-15-40(66-23-20-52)36(26-34)35-24-30(8-14-39(35)65-22-19-51)25-38(45(61)53-21-18-50)58-44(60)29(3)56-47(42)63/h8-15,24,26,29,31,37-38,42H,5-7,16-17,19-23,25,49,51-52H2,1-4H3,(H,53,61)(H,56,63)(H,57,62)(H,58,60)/t29-,37?,38-,42-/m0/s1. The number of likely N-dealkylation sites (N-methyl/N-ethyl adjacent to an activating group) is 1. The van der Waals surface area contributed by atoms with Gasteiger partial charge in [-0.05, 0) is 93.5 Å². The van der Waals surface area contributed by atoms with Crippen LogP contribution in [0.1, 0.15) is 83.0 Å². The molecule has 10 N–H and O–H groups in total. The van der Waals surface area contributed by atoms with Crippen molar-refractivity contribution in [2.75, 3.05) is 46.4 Å². The first kappa shape index (κ1) is 48.5. The van der Waals surface area contributed by atoms with Gasteiger partial charge in [-0.25, -0.2) is 9.97 Å². The summed E-state index contributed by atoms with van der Waals surface area (Å²) < 4.78 is 12.2. The Balaban J connectivity index is 1.37. The van der Waals surface area contributed by atoms with Crippen LogP contribution in [0.3, 0.4) is 0 Å². The third-order valence-corrected chi connectivity index (χ3v) is 11.9. The Hall–Kier alpha value is -6.94. The molecular weight excluding hydrogens is 843 g/mol. The van der Waals surface area contributed by atoms with Crippen LogP contribution in [0.15, 0.2) is 60.7 Å². The SMILES string of the molecule is Cc1nc(-c2ccc(C3CCC3)cc2)nc(C)c1C(=O)NC(CCN)C(=O)N(C)[C@@H]1C(=O)N[C@@H](C)C(=O)N[C@H](C(=O)NCC#N)Cc2ccc(OCCN)c(c2)-c2cc1ccc2OCCN. The van der Waals surface area contributed by atoms with Crippen LogP contribution < -0.4 is 47.9 Å². The number of carbonyl (C=O) groups is 5. The predicted octanol–water partition coefficient (Wildman–Crippen LogP) is 2.20. The summed E-state index contributed by atoms with van der Waals surface area (Å²) in [7, 11) is 1.42. The van der Waals surface area contributed by atoms with Crippen LogP contribution in [0.2, 0.25) is 0 Å². The van der Waals surface area contributed by atoms with Crippen LogP contribution in [0.5, 0.6) is 11.5 Å². The molecule has 1 unspecified atom stereocenters. The Kier molecular flexibility index (Phi) is 16.4. The molecule has 1 aromatic heterocycles. The van der Waals surface area contributed by atoms with Crippen LogP contribution in [-0.4, -0.2) is 109 Å². The molecule has 1 aliphatic heterocycles. The lowest BCUT2D eigenvalue weighted by Gasteiger charge is -2.32. The number of aromatic nitrogens is 2. The van der Waals surface area contributed by atoms with Gasteiger partial charge >= 0.3 is 0 Å². The summed E-state index contributed by atoms with van der Waals surface area (Å²) in [5.74, 6) is -1.49. The maximum atomic E-state index is 14.7. The molecule has 18 heteroatoms. The van der Waals surface area contributed by atoms with E-state index < -0.39 is 53.7 Å². The minimum absolute atomic E-state index is 0.00406. The first-order valence-corrected chi connectivity index (χ1v) is 22.2. The highest BCUT2D eigenvalue weighted by Gasteiger charge is 2.36. The molecule has 0 radical (unpaired) electrons. The van der Waals surface area contributed by atoms with E-state index in [0.29, 0.717) is 56.9 Å². The molecule has 0 spiro atoms. The van der Waals surface area contributed by atoms with Gasteiger partial charge in [-0.2, -0.15) is 5.26 Å². The Bertz CT molecular complexity index is 2450. The molecule has 6 rings (SSSR count). The van der Waals surface area contributed by atoms with E-state index in [4.69, 9.17) is 26.7 Å². The van der Waals surface area contributed by atoms with Gasteiger partial charge in [-0.1, -0.05) is 42.8 Å². The van der Waals surface area contributed by atoms with E-state index in [1.807, 2.05) is 18.2 Å². The number of fused-ring (bicyclic) bond motifs is 5. The topological polar surface area (TPSA) is 283 Å². The molecule has 1 aliphatic carbocycles. The van der Waals surface area contributed by atoms with Crippen LogP contribution in [0, 0.1) is 25.2 Å². The Morgan fingerprint density at radius 1 is 0.864 bits per heavy atom. The quantitative estimate of drug-likeness (QED) is 0.0796. The van der Waals surface area contributed by atoms with Gasteiger partial charge in [0.25, 0.3) is 5.91 Å². The molecule has 66 heavy (non-hydrogen) atoms. The summed E-state index contributed by atoms with van der Waals surface area (Å²) in [5.41, 5.74) is 22.7. The molecule has 4 bridgehead atoms. The Morgan fingerprint density at radius 2 is 1.48 bits per heavy atom. The molecule has 4 aromatic rings. The van der Waals surface area contributed by atoms with E-state index in [9.17, 15) is 29.2 Å². The fraction of sp³-hybridized carbons (Fsp3) is 0.417. The maximum absolute atomic E-state index is 14.7. The Morgan fingerprint density at radius 3 is 2.08 bits per heavy atom. The second kappa shape index (κ2) is 22.3. The number of hydrogen-bond acceptors (Lipinski definition) is 13. The van der Waals surface area contributed by atoms with Crippen molar-refractivity contribution in [1.29, 1.82) is 5.26 Å². The fourth-order valence-electron chi connectivity index (χ4n) is 8.18. The van der Waals surface area contributed by atoms with E-state index in [0.717, 1.165) is 5.56 Å². The van der Waals surface area contributed by atoms with Crippen molar-refractivity contribution in [3.05, 3.63) is 94.3 Å². The molecule has 3 aromatic carbocycles. The number of nitrogens with two attached hydrogens (primary N) is 3. The lowest BCUT2D eigenvalue weighted by molar-refractivity contribution is -0.141. The van der Waals surface area contributed by atoms with Crippen molar-refractivity contribution in [2.24, 2.45) is 17.2 Å². The summed E-state index contributed by atoms with van der Waals surface area (Å²) in [6, 6.07) is 15.3. The number of aryl methyl sites for hydroxylation is 2. The van der Waals surface area contributed by atoms with Gasteiger partial charge in [0.2, 0.25) is 23.6 Å². The zero-order valence-electron chi connectivity index (χ0n) is 37.8. The molecule has 4 atom stereocenters. The number of ether oxygens (including phenoxy) is 2. The normalized spacial score (nSPS) is 17.7. The van der Waals surface area contributed by atoms with Crippen molar-refractivity contribution >= 4 is 29.5 Å². The Labute approximate surface area is 384 Å². The van der Waals surface area contributed by atoms with E-state index in [-0.39, 0.29) is 57.8 Å². The minimum atomic E-state index is -1.40. The van der Waals surface area contributed by atoms with Crippen LogP contribution in [-0.2, 0) is 25.6 Å². The monoisotopic (exact) mass is 901 g/mol. The zero-order chi connectivity index (χ0) is 47.5. The average molecular weight is 902 g/mol. The van der Waals surface area contributed by atoms with Crippen molar-refractivity contribution in [2.45, 2.75) is 83.0 Å². The van der Waals surface area contributed by atoms with Gasteiger partial charge in [-0.3, -0.25) is 24.0 Å². The highest BCUT2D eigenvalue weighted by molar-refractivity contribution is 6.00. The molecule has 1 saturated carbocycles. The summed E-state index contributed by atoms with van der Waals surface area (Å²) in [4.78, 5) is 81.1. The largest absolute Gasteiger partial charge is 0.492 e. The second-order valence-electron chi connectivity index (χ2n) is 16.5. The van der Waals surface area contributed by atoms with Gasteiger partial charge in [0.1, 0.15) is 55.4 Å². The van der Waals surface area contributed by atoms with Crippen LogP contribution >= 0.6 is 0 Å². The smallest absolute Gasteiger partial charge is 0.255 e. The number of amides is 5. The zero-order valence-corrected chi connectivity index (χ0v) is 37.8. The van der Waals surface area contributed by atoms with Gasteiger partial charge in [0.05, 0.1) is 23.0 Å². The van der Waals surface area contributed by atoms with E-state index >= 15 is 0 Å². The number of carbonyl (C=O) groups excluding carboxylic acids is 5.